The van der Waals surface area contributed by atoms with Crippen LogP contribution < -0.4 is 4.90 Å². The summed E-state index contributed by atoms with van der Waals surface area (Å²) in [4.78, 5) is 13.4. The first kappa shape index (κ1) is 13.1. The van der Waals surface area contributed by atoms with E-state index in [1.807, 2.05) is 13.0 Å². The summed E-state index contributed by atoms with van der Waals surface area (Å²) in [5.74, 6) is 0.411. The van der Waals surface area contributed by atoms with Crippen molar-refractivity contribution < 1.29 is 4.79 Å². The molecule has 3 nitrogen and oxygen atoms in total. The summed E-state index contributed by atoms with van der Waals surface area (Å²) in [7, 11) is 0. The number of anilines is 1. The second kappa shape index (κ2) is 5.57. The average molecular weight is 262 g/mol. The van der Waals surface area contributed by atoms with Crippen LogP contribution in [-0.4, -0.2) is 16.8 Å². The molecule has 1 aliphatic rings. The van der Waals surface area contributed by atoms with Crippen LogP contribution in [0.1, 0.15) is 30.9 Å². The van der Waals surface area contributed by atoms with E-state index in [9.17, 15) is 4.79 Å². The Morgan fingerprint density at radius 3 is 2.83 bits per heavy atom. The standard InChI is InChI=1S/C14H18N2OS/c1-3-4-5-11-7-6-10(2)8-12(11)16-13(17)9-18-14(16)15/h6-8,15H,3-5,9H2,1-2H3. The molecular formula is C14H18N2OS. The molecular weight excluding hydrogens is 244 g/mol. The van der Waals surface area contributed by atoms with Gasteiger partial charge in [-0.2, -0.15) is 0 Å². The van der Waals surface area contributed by atoms with Gasteiger partial charge in [0, 0.05) is 0 Å². The largest absolute Gasteiger partial charge is 0.278 e. The molecule has 0 bridgehead atoms. The first-order valence-electron chi connectivity index (χ1n) is 6.27. The van der Waals surface area contributed by atoms with Crippen LogP contribution in [0.15, 0.2) is 18.2 Å². The summed E-state index contributed by atoms with van der Waals surface area (Å²) in [6.45, 7) is 4.18. The number of unbranched alkanes of at least 4 members (excludes halogenated alkanes) is 1. The van der Waals surface area contributed by atoms with E-state index in [2.05, 4.69) is 19.1 Å². The first-order chi connectivity index (χ1) is 8.63. The molecule has 1 aliphatic heterocycles. The number of carbonyl (C=O) groups is 1. The van der Waals surface area contributed by atoms with Crippen molar-refractivity contribution in [3.05, 3.63) is 29.3 Å². The molecule has 0 radical (unpaired) electrons. The molecule has 0 unspecified atom stereocenters. The highest BCUT2D eigenvalue weighted by molar-refractivity contribution is 8.15. The zero-order valence-corrected chi connectivity index (χ0v) is 11.6. The molecule has 0 atom stereocenters. The van der Waals surface area contributed by atoms with Crippen molar-refractivity contribution in [2.45, 2.75) is 33.1 Å². The summed E-state index contributed by atoms with van der Waals surface area (Å²) in [6.07, 6.45) is 3.21. The topological polar surface area (TPSA) is 44.2 Å². The van der Waals surface area contributed by atoms with Gasteiger partial charge in [0.15, 0.2) is 5.17 Å². The van der Waals surface area contributed by atoms with Crippen LogP contribution >= 0.6 is 11.8 Å². The smallest absolute Gasteiger partial charge is 0.243 e. The van der Waals surface area contributed by atoms with Crippen LogP contribution in [-0.2, 0) is 11.2 Å². The fraction of sp³-hybridized carbons (Fsp3) is 0.429. The number of hydrogen-bond donors (Lipinski definition) is 1. The maximum atomic E-state index is 11.9. The van der Waals surface area contributed by atoms with Crippen LogP contribution in [0.5, 0.6) is 0 Å². The molecule has 1 N–H and O–H groups in total. The van der Waals surface area contributed by atoms with Crippen LogP contribution in [0.2, 0.25) is 0 Å². The summed E-state index contributed by atoms with van der Waals surface area (Å²) >= 11 is 1.31. The van der Waals surface area contributed by atoms with E-state index in [1.54, 1.807) is 4.90 Å². The van der Waals surface area contributed by atoms with Crippen LogP contribution in [0.3, 0.4) is 0 Å². The van der Waals surface area contributed by atoms with Crippen molar-refractivity contribution in [2.75, 3.05) is 10.7 Å². The molecule has 0 aliphatic carbocycles. The number of hydrogen-bond acceptors (Lipinski definition) is 3. The summed E-state index contributed by atoms with van der Waals surface area (Å²) in [5.41, 5.74) is 3.20. The summed E-state index contributed by atoms with van der Waals surface area (Å²) in [6, 6.07) is 6.18. The lowest BCUT2D eigenvalue weighted by molar-refractivity contribution is -0.115. The Kier molecular flexibility index (Phi) is 4.07. The molecule has 4 heteroatoms. The van der Waals surface area contributed by atoms with Gasteiger partial charge in [-0.25, -0.2) is 0 Å². The molecule has 18 heavy (non-hydrogen) atoms. The summed E-state index contributed by atoms with van der Waals surface area (Å²) < 4.78 is 0. The minimum atomic E-state index is 0.0216. The van der Waals surface area contributed by atoms with Gasteiger partial charge in [-0.1, -0.05) is 37.2 Å². The number of nitrogens with zero attached hydrogens (tertiary/aromatic N) is 1. The highest BCUT2D eigenvalue weighted by Crippen LogP contribution is 2.30. The Morgan fingerprint density at radius 1 is 1.44 bits per heavy atom. The SMILES string of the molecule is CCCCc1ccc(C)cc1N1C(=N)SCC1=O. The fourth-order valence-corrected chi connectivity index (χ4v) is 2.80. The van der Waals surface area contributed by atoms with Gasteiger partial charge in [0.25, 0.3) is 0 Å². The van der Waals surface area contributed by atoms with Crippen molar-refractivity contribution in [3.63, 3.8) is 0 Å². The lowest BCUT2D eigenvalue weighted by Gasteiger charge is -2.19. The van der Waals surface area contributed by atoms with Gasteiger partial charge in [-0.3, -0.25) is 15.1 Å². The number of amides is 1. The lowest BCUT2D eigenvalue weighted by atomic mass is 10.0. The zero-order valence-electron chi connectivity index (χ0n) is 10.8. The third-order valence-corrected chi connectivity index (χ3v) is 3.91. The average Bonchev–Trinajstić information content (AvgIpc) is 2.67. The molecule has 2 rings (SSSR count). The maximum Gasteiger partial charge on any atom is 0.243 e. The Morgan fingerprint density at radius 2 is 2.22 bits per heavy atom. The normalized spacial score (nSPS) is 15.6. The van der Waals surface area contributed by atoms with Crippen LogP contribution in [0.4, 0.5) is 5.69 Å². The monoisotopic (exact) mass is 262 g/mol. The molecule has 1 heterocycles. The Hall–Kier alpha value is -1.29. The second-order valence-corrected chi connectivity index (χ2v) is 5.52. The number of rotatable bonds is 4. The Bertz CT molecular complexity index is 469. The quantitative estimate of drug-likeness (QED) is 0.904. The van der Waals surface area contributed by atoms with E-state index in [4.69, 9.17) is 5.41 Å². The van der Waals surface area contributed by atoms with Crippen molar-refractivity contribution in [1.82, 2.24) is 0 Å². The number of thioether (sulfide) groups is 1. The van der Waals surface area contributed by atoms with Crippen molar-refractivity contribution in [2.24, 2.45) is 0 Å². The van der Waals surface area contributed by atoms with E-state index in [-0.39, 0.29) is 5.91 Å². The Labute approximate surface area is 112 Å². The molecule has 1 fully saturated rings. The van der Waals surface area contributed by atoms with Crippen molar-refractivity contribution in [1.29, 1.82) is 5.41 Å². The van der Waals surface area contributed by atoms with Gasteiger partial charge in [0.05, 0.1) is 11.4 Å². The van der Waals surface area contributed by atoms with Gasteiger partial charge in [0.2, 0.25) is 5.91 Å². The van der Waals surface area contributed by atoms with Crippen LogP contribution in [0, 0.1) is 12.3 Å². The Balaban J connectivity index is 2.37. The van der Waals surface area contributed by atoms with Crippen molar-refractivity contribution >= 4 is 28.5 Å². The van der Waals surface area contributed by atoms with Gasteiger partial charge in [-0.05, 0) is 37.0 Å². The predicted octanol–water partition coefficient (Wildman–Crippen LogP) is 3.35. The van der Waals surface area contributed by atoms with E-state index in [0.717, 1.165) is 30.5 Å². The number of carbonyl (C=O) groups excluding carboxylic acids is 1. The number of aryl methyl sites for hydroxylation is 2. The minimum absolute atomic E-state index is 0.0216. The van der Waals surface area contributed by atoms with E-state index >= 15 is 0 Å². The number of nitrogens with one attached hydrogen (secondary N) is 1. The van der Waals surface area contributed by atoms with Gasteiger partial charge >= 0.3 is 0 Å². The second-order valence-electron chi connectivity index (χ2n) is 4.56. The van der Waals surface area contributed by atoms with E-state index in [1.165, 1.54) is 17.3 Å². The predicted molar refractivity (Wildman–Crippen MR) is 77.5 cm³/mol. The molecule has 96 valence electrons. The molecule has 0 saturated carbocycles. The van der Waals surface area contributed by atoms with Crippen LogP contribution in [0.25, 0.3) is 0 Å². The first-order valence-corrected chi connectivity index (χ1v) is 7.26. The lowest BCUT2D eigenvalue weighted by Crippen LogP contribution is -2.29. The number of amidine groups is 1. The molecule has 1 amide bonds. The molecule has 0 spiro atoms. The van der Waals surface area contributed by atoms with Crippen molar-refractivity contribution in [3.8, 4) is 0 Å². The van der Waals surface area contributed by atoms with Gasteiger partial charge in [-0.15, -0.1) is 0 Å². The highest BCUT2D eigenvalue weighted by atomic mass is 32.2. The van der Waals surface area contributed by atoms with E-state index < -0.39 is 0 Å². The molecule has 1 aromatic carbocycles. The van der Waals surface area contributed by atoms with Gasteiger partial charge in [0.1, 0.15) is 0 Å². The maximum absolute atomic E-state index is 11.9. The third kappa shape index (κ3) is 2.58. The van der Waals surface area contributed by atoms with E-state index in [0.29, 0.717) is 10.9 Å². The zero-order chi connectivity index (χ0) is 13.1. The van der Waals surface area contributed by atoms with Gasteiger partial charge < -0.3 is 0 Å². The molecule has 0 aromatic heterocycles. The minimum Gasteiger partial charge on any atom is -0.278 e. The third-order valence-electron chi connectivity index (χ3n) is 3.07. The summed E-state index contributed by atoms with van der Waals surface area (Å²) in [5, 5.41) is 8.24. The fourth-order valence-electron chi connectivity index (χ4n) is 2.08. The molecule has 1 saturated heterocycles. The highest BCUT2D eigenvalue weighted by Gasteiger charge is 2.29. The molecule has 1 aromatic rings. The number of benzene rings is 1.